The van der Waals surface area contributed by atoms with Crippen LogP contribution in [-0.4, -0.2) is 29.1 Å². The highest BCUT2D eigenvalue weighted by molar-refractivity contribution is 4.96. The molecule has 130 valence electrons. The maximum absolute atomic E-state index is 2.59. The van der Waals surface area contributed by atoms with Gasteiger partial charge in [0.25, 0.3) is 0 Å². The van der Waals surface area contributed by atoms with Gasteiger partial charge in [0.15, 0.2) is 0 Å². The van der Waals surface area contributed by atoms with Crippen molar-refractivity contribution in [3.8, 4) is 0 Å². The molecule has 1 unspecified atom stereocenters. The van der Waals surface area contributed by atoms with E-state index in [4.69, 9.17) is 0 Å². The predicted molar refractivity (Wildman–Crippen MR) is 98.8 cm³/mol. The third-order valence-electron chi connectivity index (χ3n) is 4.80. The Hall–Kier alpha value is -0.660. The molecule has 1 aliphatic rings. The quantitative estimate of drug-likeness (QED) is 0.355. The average Bonchev–Trinajstić information content (AvgIpc) is 2.90. The van der Waals surface area contributed by atoms with Gasteiger partial charge < -0.3 is 9.80 Å². The molecule has 0 aliphatic carbocycles. The molecule has 0 aromatic rings. The van der Waals surface area contributed by atoms with Crippen LogP contribution in [0.3, 0.4) is 0 Å². The van der Waals surface area contributed by atoms with Gasteiger partial charge in [0.05, 0.1) is 0 Å². The van der Waals surface area contributed by atoms with E-state index in [1.54, 1.807) is 0 Å². The van der Waals surface area contributed by atoms with E-state index in [0.717, 1.165) is 0 Å². The molecule has 0 spiro atoms. The molecule has 0 fully saturated rings. The maximum atomic E-state index is 2.59. The topological polar surface area (TPSA) is 6.48 Å². The van der Waals surface area contributed by atoms with Crippen molar-refractivity contribution in [3.05, 3.63) is 12.4 Å². The summed E-state index contributed by atoms with van der Waals surface area (Å²) in [6.07, 6.45) is 21.8. The summed E-state index contributed by atoms with van der Waals surface area (Å²) in [4.78, 5) is 5.16. The highest BCUT2D eigenvalue weighted by atomic mass is 15.4. The van der Waals surface area contributed by atoms with Gasteiger partial charge in [-0.25, -0.2) is 0 Å². The summed E-state index contributed by atoms with van der Waals surface area (Å²) in [6, 6.07) is 0. The van der Waals surface area contributed by atoms with Gasteiger partial charge in [-0.15, -0.1) is 0 Å². The van der Waals surface area contributed by atoms with Crippen LogP contribution in [0.2, 0.25) is 0 Å². The third kappa shape index (κ3) is 7.56. The van der Waals surface area contributed by atoms with Gasteiger partial charge in [-0.05, 0) is 19.3 Å². The molecule has 1 atom stereocenters. The Morgan fingerprint density at radius 3 is 1.64 bits per heavy atom. The molecule has 0 bridgehead atoms. The van der Waals surface area contributed by atoms with Gasteiger partial charge in [0.2, 0.25) is 0 Å². The van der Waals surface area contributed by atoms with Crippen molar-refractivity contribution in [1.82, 2.24) is 9.80 Å². The SMILES string of the molecule is CCCCCCCCCCN1C=CN(CCCC)C1CCC. The molecule has 0 N–H and O–H groups in total. The molecule has 0 aromatic carbocycles. The molecule has 2 nitrogen and oxygen atoms in total. The van der Waals surface area contributed by atoms with E-state index in [-0.39, 0.29) is 0 Å². The summed E-state index contributed by atoms with van der Waals surface area (Å²) in [5.74, 6) is 0. The Kier molecular flexibility index (Phi) is 11.3. The molecule has 0 saturated carbocycles. The molecule has 22 heavy (non-hydrogen) atoms. The minimum atomic E-state index is 0.640. The Morgan fingerprint density at radius 2 is 1.09 bits per heavy atom. The fourth-order valence-corrected chi connectivity index (χ4v) is 3.37. The van der Waals surface area contributed by atoms with E-state index in [1.165, 1.54) is 90.1 Å². The van der Waals surface area contributed by atoms with Gasteiger partial charge >= 0.3 is 0 Å². The summed E-state index contributed by atoms with van der Waals surface area (Å²) < 4.78 is 0. The number of unbranched alkanes of at least 4 members (excludes halogenated alkanes) is 8. The third-order valence-corrected chi connectivity index (χ3v) is 4.80. The minimum Gasteiger partial charge on any atom is -0.356 e. The average molecular weight is 309 g/mol. The lowest BCUT2D eigenvalue weighted by Gasteiger charge is -2.32. The van der Waals surface area contributed by atoms with Crippen LogP contribution in [0.25, 0.3) is 0 Å². The number of hydrogen-bond acceptors (Lipinski definition) is 2. The number of hydrogen-bond donors (Lipinski definition) is 0. The second-order valence-corrected chi connectivity index (χ2v) is 6.87. The van der Waals surface area contributed by atoms with E-state index in [2.05, 4.69) is 43.0 Å². The van der Waals surface area contributed by atoms with Crippen molar-refractivity contribution in [2.24, 2.45) is 0 Å². The molecule has 0 radical (unpaired) electrons. The van der Waals surface area contributed by atoms with Crippen molar-refractivity contribution in [3.63, 3.8) is 0 Å². The van der Waals surface area contributed by atoms with Gasteiger partial charge in [-0.3, -0.25) is 0 Å². The first kappa shape index (κ1) is 19.4. The molecule has 0 saturated heterocycles. The fraction of sp³-hybridized carbons (Fsp3) is 0.900. The summed E-state index contributed by atoms with van der Waals surface area (Å²) >= 11 is 0. The van der Waals surface area contributed by atoms with Crippen molar-refractivity contribution in [1.29, 1.82) is 0 Å². The molecular weight excluding hydrogens is 268 g/mol. The molecule has 1 rings (SSSR count). The lowest BCUT2D eigenvalue weighted by atomic mass is 10.1. The fourth-order valence-electron chi connectivity index (χ4n) is 3.37. The molecular formula is C20H40N2. The van der Waals surface area contributed by atoms with Crippen molar-refractivity contribution in [2.45, 2.75) is 104 Å². The number of nitrogens with zero attached hydrogens (tertiary/aromatic N) is 2. The van der Waals surface area contributed by atoms with E-state index in [9.17, 15) is 0 Å². The second-order valence-electron chi connectivity index (χ2n) is 6.87. The monoisotopic (exact) mass is 308 g/mol. The maximum Gasteiger partial charge on any atom is 0.101 e. The standard InChI is InChI=1S/C20H40N2/c1-4-7-9-10-11-12-13-14-17-22-19-18-21(16-8-5-2)20(22)15-6-3/h18-20H,4-17H2,1-3H3. The molecule has 2 heteroatoms. The zero-order chi connectivity index (χ0) is 16.0. The molecule has 1 aliphatic heterocycles. The van der Waals surface area contributed by atoms with Gasteiger partial charge in [-0.1, -0.05) is 78.6 Å². The van der Waals surface area contributed by atoms with E-state index in [1.807, 2.05) is 0 Å². The van der Waals surface area contributed by atoms with E-state index < -0.39 is 0 Å². The van der Waals surface area contributed by atoms with E-state index in [0.29, 0.717) is 6.17 Å². The van der Waals surface area contributed by atoms with Crippen molar-refractivity contribution in [2.75, 3.05) is 13.1 Å². The molecule has 0 amide bonds. The largest absolute Gasteiger partial charge is 0.356 e. The van der Waals surface area contributed by atoms with Crippen LogP contribution in [-0.2, 0) is 0 Å². The lowest BCUT2D eigenvalue weighted by molar-refractivity contribution is 0.138. The van der Waals surface area contributed by atoms with Crippen LogP contribution >= 0.6 is 0 Å². The first-order valence-corrected chi connectivity index (χ1v) is 10.0. The number of rotatable bonds is 14. The summed E-state index contributed by atoms with van der Waals surface area (Å²) in [5, 5.41) is 0. The Morgan fingerprint density at radius 1 is 0.591 bits per heavy atom. The Balaban J connectivity index is 2.14. The highest BCUT2D eigenvalue weighted by Crippen LogP contribution is 2.21. The van der Waals surface area contributed by atoms with Gasteiger partial charge in [0, 0.05) is 25.5 Å². The summed E-state index contributed by atoms with van der Waals surface area (Å²) in [5.41, 5.74) is 0. The zero-order valence-corrected chi connectivity index (χ0v) is 15.5. The van der Waals surface area contributed by atoms with Crippen LogP contribution in [0.15, 0.2) is 12.4 Å². The van der Waals surface area contributed by atoms with Crippen LogP contribution in [0, 0.1) is 0 Å². The van der Waals surface area contributed by atoms with Crippen LogP contribution in [0.5, 0.6) is 0 Å². The lowest BCUT2D eigenvalue weighted by Crippen LogP contribution is -2.39. The summed E-state index contributed by atoms with van der Waals surface area (Å²) in [7, 11) is 0. The molecule has 1 heterocycles. The predicted octanol–water partition coefficient (Wildman–Crippen LogP) is 6.14. The second kappa shape index (κ2) is 12.8. The van der Waals surface area contributed by atoms with Crippen LogP contribution < -0.4 is 0 Å². The van der Waals surface area contributed by atoms with Crippen LogP contribution in [0.4, 0.5) is 0 Å². The van der Waals surface area contributed by atoms with Crippen LogP contribution in [0.1, 0.15) is 97.8 Å². The summed E-state index contributed by atoms with van der Waals surface area (Å²) in [6.45, 7) is 9.36. The smallest absolute Gasteiger partial charge is 0.101 e. The normalized spacial score (nSPS) is 17.7. The Bertz CT molecular complexity index is 275. The Labute approximate surface area is 139 Å². The van der Waals surface area contributed by atoms with E-state index >= 15 is 0 Å². The van der Waals surface area contributed by atoms with Crippen molar-refractivity contribution < 1.29 is 0 Å². The van der Waals surface area contributed by atoms with Gasteiger partial charge in [-0.2, -0.15) is 0 Å². The first-order chi connectivity index (χ1) is 10.8. The zero-order valence-electron chi connectivity index (χ0n) is 15.5. The van der Waals surface area contributed by atoms with Gasteiger partial charge in [0.1, 0.15) is 6.17 Å². The minimum absolute atomic E-state index is 0.640. The molecule has 0 aromatic heterocycles. The first-order valence-electron chi connectivity index (χ1n) is 10.0. The highest BCUT2D eigenvalue weighted by Gasteiger charge is 2.24. The van der Waals surface area contributed by atoms with Crippen molar-refractivity contribution >= 4 is 0 Å².